The molecule has 0 atom stereocenters. The van der Waals surface area contributed by atoms with Crippen LogP contribution in [0.5, 0.6) is 0 Å². The number of benzene rings is 1. The Morgan fingerprint density at radius 1 is 1.32 bits per heavy atom. The molecule has 19 heavy (non-hydrogen) atoms. The number of nitrogens with one attached hydrogen (secondary N) is 1. The molecule has 0 saturated carbocycles. The van der Waals surface area contributed by atoms with E-state index >= 15 is 0 Å². The van der Waals surface area contributed by atoms with Crippen LogP contribution in [0.15, 0.2) is 24.3 Å². The second-order valence-corrected chi connectivity index (χ2v) is 3.73. The molecule has 1 N–H and O–H groups in total. The van der Waals surface area contributed by atoms with Crippen LogP contribution in [-0.2, 0) is 9.53 Å². The lowest BCUT2D eigenvalue weighted by atomic mass is 10.2. The van der Waals surface area contributed by atoms with Gasteiger partial charge in [0.2, 0.25) is 0 Å². The van der Waals surface area contributed by atoms with E-state index in [4.69, 9.17) is 4.74 Å². The fourth-order valence-electron chi connectivity index (χ4n) is 1.25. The molecule has 7 heteroatoms. The summed E-state index contributed by atoms with van der Waals surface area (Å²) in [6.45, 7) is 2.06. The topological polar surface area (TPSA) is 98.5 Å². The summed E-state index contributed by atoms with van der Waals surface area (Å²) in [4.78, 5) is 32.6. The van der Waals surface area contributed by atoms with E-state index in [9.17, 15) is 19.7 Å². The van der Waals surface area contributed by atoms with E-state index in [1.54, 1.807) is 0 Å². The van der Waals surface area contributed by atoms with Gasteiger partial charge in [0.05, 0.1) is 10.5 Å². The molecule has 0 radical (unpaired) electrons. The summed E-state index contributed by atoms with van der Waals surface area (Å²) in [5.41, 5.74) is 0.0473. The predicted octanol–water partition coefficient (Wildman–Crippen LogP) is 1.28. The average Bonchev–Trinajstić information content (AvgIpc) is 2.42. The van der Waals surface area contributed by atoms with Crippen molar-refractivity contribution in [1.29, 1.82) is 0 Å². The van der Waals surface area contributed by atoms with Gasteiger partial charge >= 0.3 is 5.97 Å². The maximum atomic E-state index is 11.5. The molecule has 7 nitrogen and oxygen atoms in total. The normalized spacial score (nSPS) is 9.74. The molecule has 1 amide bonds. The third-order valence-corrected chi connectivity index (χ3v) is 2.22. The molecule has 0 aliphatic carbocycles. The summed E-state index contributed by atoms with van der Waals surface area (Å²) in [7, 11) is 0. The van der Waals surface area contributed by atoms with Gasteiger partial charge in [0.15, 0.2) is 6.61 Å². The second kappa shape index (κ2) is 7.10. The Hall–Kier alpha value is -2.44. The summed E-state index contributed by atoms with van der Waals surface area (Å²) >= 11 is 0. The van der Waals surface area contributed by atoms with E-state index in [-0.39, 0.29) is 23.8 Å². The van der Waals surface area contributed by atoms with Gasteiger partial charge < -0.3 is 10.1 Å². The zero-order chi connectivity index (χ0) is 14.3. The van der Waals surface area contributed by atoms with Gasteiger partial charge in [-0.15, -0.1) is 0 Å². The third kappa shape index (κ3) is 4.74. The van der Waals surface area contributed by atoms with Crippen molar-refractivity contribution in [2.45, 2.75) is 13.3 Å². The lowest BCUT2D eigenvalue weighted by Crippen LogP contribution is -2.29. The van der Waals surface area contributed by atoms with Gasteiger partial charge in [-0.25, -0.2) is 4.79 Å². The van der Waals surface area contributed by atoms with Crippen LogP contribution < -0.4 is 5.32 Å². The van der Waals surface area contributed by atoms with Crippen LogP contribution in [0.1, 0.15) is 23.7 Å². The van der Waals surface area contributed by atoms with Crippen molar-refractivity contribution < 1.29 is 19.2 Å². The molecule has 0 bridgehead atoms. The van der Waals surface area contributed by atoms with Crippen molar-refractivity contribution >= 4 is 17.6 Å². The highest BCUT2D eigenvalue weighted by Crippen LogP contribution is 2.12. The summed E-state index contributed by atoms with van der Waals surface area (Å²) in [6.07, 6.45) is 0.794. The lowest BCUT2D eigenvalue weighted by molar-refractivity contribution is -0.384. The molecule has 1 rings (SSSR count). The monoisotopic (exact) mass is 266 g/mol. The zero-order valence-electron chi connectivity index (χ0n) is 10.4. The third-order valence-electron chi connectivity index (χ3n) is 2.22. The predicted molar refractivity (Wildman–Crippen MR) is 66.7 cm³/mol. The van der Waals surface area contributed by atoms with Crippen LogP contribution in [-0.4, -0.2) is 30.0 Å². The minimum Gasteiger partial charge on any atom is -0.452 e. The molecule has 0 spiro atoms. The Morgan fingerprint density at radius 3 is 2.47 bits per heavy atom. The lowest BCUT2D eigenvalue weighted by Gasteiger charge is -2.05. The molecule has 0 aromatic heterocycles. The number of carbonyl (C=O) groups is 2. The van der Waals surface area contributed by atoms with E-state index in [0.717, 1.165) is 6.42 Å². The first kappa shape index (κ1) is 14.6. The van der Waals surface area contributed by atoms with Crippen molar-refractivity contribution in [3.05, 3.63) is 39.9 Å². The van der Waals surface area contributed by atoms with Crippen LogP contribution >= 0.6 is 0 Å². The highest BCUT2D eigenvalue weighted by molar-refractivity contribution is 5.91. The standard InChI is InChI=1S/C12H14N2O5/c1-2-7-13-11(15)8-19-12(16)9-3-5-10(6-4-9)14(17)18/h3-6H,2,7-8H2,1H3,(H,13,15). The quantitative estimate of drug-likeness (QED) is 0.475. The smallest absolute Gasteiger partial charge is 0.338 e. The summed E-state index contributed by atoms with van der Waals surface area (Å²) in [6, 6.07) is 4.97. The fraction of sp³-hybridized carbons (Fsp3) is 0.333. The largest absolute Gasteiger partial charge is 0.452 e. The summed E-state index contributed by atoms with van der Waals surface area (Å²) < 4.78 is 4.77. The van der Waals surface area contributed by atoms with Gasteiger partial charge in [-0.2, -0.15) is 0 Å². The number of amides is 1. The average molecular weight is 266 g/mol. The SMILES string of the molecule is CCCNC(=O)COC(=O)c1ccc([N+](=O)[O-])cc1. The number of hydrogen-bond acceptors (Lipinski definition) is 5. The van der Waals surface area contributed by atoms with Gasteiger partial charge in [-0.3, -0.25) is 14.9 Å². The Morgan fingerprint density at radius 2 is 1.95 bits per heavy atom. The molecule has 0 saturated heterocycles. The first-order valence-electron chi connectivity index (χ1n) is 5.73. The number of carbonyl (C=O) groups excluding carboxylic acids is 2. The van der Waals surface area contributed by atoms with E-state index in [1.165, 1.54) is 24.3 Å². The first-order valence-corrected chi connectivity index (χ1v) is 5.73. The highest BCUT2D eigenvalue weighted by atomic mass is 16.6. The van der Waals surface area contributed by atoms with Crippen LogP contribution in [0.25, 0.3) is 0 Å². The number of nitro groups is 1. The van der Waals surface area contributed by atoms with E-state index in [1.807, 2.05) is 6.92 Å². The van der Waals surface area contributed by atoms with Crippen LogP contribution in [0.2, 0.25) is 0 Å². The minimum absolute atomic E-state index is 0.114. The molecule has 1 aromatic rings. The van der Waals surface area contributed by atoms with Crippen LogP contribution in [0, 0.1) is 10.1 Å². The van der Waals surface area contributed by atoms with Gasteiger partial charge in [0.25, 0.3) is 11.6 Å². The van der Waals surface area contributed by atoms with Gasteiger partial charge in [0.1, 0.15) is 0 Å². The molecular weight excluding hydrogens is 252 g/mol. The van der Waals surface area contributed by atoms with Crippen molar-refractivity contribution in [2.24, 2.45) is 0 Å². The van der Waals surface area contributed by atoms with Crippen LogP contribution in [0.4, 0.5) is 5.69 Å². The Balaban J connectivity index is 2.49. The molecule has 0 heterocycles. The van der Waals surface area contributed by atoms with Crippen molar-refractivity contribution in [3.8, 4) is 0 Å². The summed E-state index contributed by atoms with van der Waals surface area (Å²) in [5, 5.41) is 13.0. The number of esters is 1. The maximum Gasteiger partial charge on any atom is 0.338 e. The Kier molecular flexibility index (Phi) is 5.46. The molecule has 0 aliphatic rings. The second-order valence-electron chi connectivity index (χ2n) is 3.73. The molecule has 0 aliphatic heterocycles. The molecule has 0 unspecified atom stereocenters. The molecule has 102 valence electrons. The fourth-order valence-corrected chi connectivity index (χ4v) is 1.25. The number of non-ortho nitro benzene ring substituents is 1. The Labute approximate surface area is 109 Å². The molecule has 0 fully saturated rings. The van der Waals surface area contributed by atoms with Gasteiger partial charge in [-0.05, 0) is 18.6 Å². The van der Waals surface area contributed by atoms with Gasteiger partial charge in [-0.1, -0.05) is 6.92 Å². The van der Waals surface area contributed by atoms with Crippen molar-refractivity contribution in [2.75, 3.05) is 13.2 Å². The maximum absolute atomic E-state index is 11.5. The Bertz CT molecular complexity index is 470. The number of hydrogen-bond donors (Lipinski definition) is 1. The zero-order valence-corrected chi connectivity index (χ0v) is 10.4. The first-order chi connectivity index (χ1) is 9.04. The van der Waals surface area contributed by atoms with Gasteiger partial charge in [0, 0.05) is 18.7 Å². The van der Waals surface area contributed by atoms with Crippen molar-refractivity contribution in [1.82, 2.24) is 5.32 Å². The van der Waals surface area contributed by atoms with E-state index in [2.05, 4.69) is 5.32 Å². The van der Waals surface area contributed by atoms with Crippen LogP contribution in [0.3, 0.4) is 0 Å². The van der Waals surface area contributed by atoms with Crippen molar-refractivity contribution in [3.63, 3.8) is 0 Å². The van der Waals surface area contributed by atoms with E-state index < -0.39 is 10.9 Å². The highest BCUT2D eigenvalue weighted by Gasteiger charge is 2.12. The minimum atomic E-state index is -0.693. The summed E-state index contributed by atoms with van der Waals surface area (Å²) in [5.74, 6) is -1.07. The van der Waals surface area contributed by atoms with E-state index in [0.29, 0.717) is 6.54 Å². The number of ether oxygens (including phenoxy) is 1. The number of nitro benzene ring substituents is 1. The number of rotatable bonds is 6. The number of nitrogens with zero attached hydrogens (tertiary/aromatic N) is 1. The molecule has 1 aromatic carbocycles. The molecular formula is C12H14N2O5.